The second kappa shape index (κ2) is 17.0. The zero-order valence-corrected chi connectivity index (χ0v) is 28.8. The van der Waals surface area contributed by atoms with Gasteiger partial charge in [-0.2, -0.15) is 5.26 Å². The molecule has 0 fully saturated rings. The number of amides is 1. The van der Waals surface area contributed by atoms with Gasteiger partial charge in [0.25, 0.3) is 11.5 Å². The maximum atomic E-state index is 13.8. The number of aliphatic imine (C=N–C) groups is 2. The van der Waals surface area contributed by atoms with Crippen LogP contribution in [0, 0.1) is 17.1 Å². The third-order valence-electron chi connectivity index (χ3n) is 7.84. The number of carbonyl (C=O) groups is 1. The van der Waals surface area contributed by atoms with Crippen LogP contribution in [0.4, 0.5) is 10.1 Å². The second-order valence-corrected chi connectivity index (χ2v) is 10.8. The van der Waals surface area contributed by atoms with Gasteiger partial charge in [-0.25, -0.2) is 9.38 Å². The monoisotopic (exact) mass is 626 g/mol. The van der Waals surface area contributed by atoms with Crippen molar-refractivity contribution >= 4 is 34.4 Å². The van der Waals surface area contributed by atoms with E-state index in [1.165, 1.54) is 23.2 Å². The van der Waals surface area contributed by atoms with Crippen LogP contribution >= 0.6 is 0 Å². The molecule has 1 amide bonds. The van der Waals surface area contributed by atoms with Gasteiger partial charge in [0.1, 0.15) is 17.7 Å². The Morgan fingerprint density at radius 3 is 2.39 bits per heavy atom. The predicted octanol–water partition coefficient (Wildman–Crippen LogP) is 7.84. The minimum absolute atomic E-state index is 0.131. The molecule has 0 aliphatic heterocycles. The normalized spacial score (nSPS) is 13.3. The number of anilines is 1. The van der Waals surface area contributed by atoms with Crippen molar-refractivity contribution in [2.75, 3.05) is 18.9 Å². The van der Waals surface area contributed by atoms with E-state index in [4.69, 9.17) is 0 Å². The largest absolute Gasteiger partial charge is 0.377 e. The number of hydrogen-bond donors (Lipinski definition) is 1. The van der Waals surface area contributed by atoms with Crippen LogP contribution in [-0.4, -0.2) is 41.0 Å². The third-order valence-corrected chi connectivity index (χ3v) is 7.84. The van der Waals surface area contributed by atoms with Gasteiger partial charge in [0.2, 0.25) is 0 Å². The summed E-state index contributed by atoms with van der Waals surface area (Å²) in [7, 11) is 3.39. The summed E-state index contributed by atoms with van der Waals surface area (Å²) in [5, 5.41) is 14.3. The molecule has 3 rings (SSSR count). The van der Waals surface area contributed by atoms with Crippen LogP contribution in [0.3, 0.4) is 0 Å². The Balaban J connectivity index is 0.00000361. The Bertz CT molecular complexity index is 1780. The van der Waals surface area contributed by atoms with Gasteiger partial charge >= 0.3 is 0 Å². The van der Waals surface area contributed by atoms with E-state index >= 15 is 0 Å². The summed E-state index contributed by atoms with van der Waals surface area (Å²) in [6.07, 6.45) is 3.94. The van der Waals surface area contributed by atoms with E-state index < -0.39 is 5.82 Å². The number of benzene rings is 2. The Morgan fingerprint density at radius 2 is 1.80 bits per heavy atom. The Morgan fingerprint density at radius 1 is 1.13 bits per heavy atom. The number of nitriles is 1. The third kappa shape index (κ3) is 8.45. The lowest BCUT2D eigenvalue weighted by Gasteiger charge is -2.22. The molecular weight excluding hydrogens is 579 g/mol. The number of halogens is 1. The molecule has 0 spiro atoms. The Kier molecular flexibility index (Phi) is 13.8. The van der Waals surface area contributed by atoms with Crippen molar-refractivity contribution in [3.63, 3.8) is 0 Å². The molecule has 0 saturated carbocycles. The van der Waals surface area contributed by atoms with E-state index in [-0.39, 0.29) is 29.0 Å². The molecule has 8 nitrogen and oxygen atoms in total. The van der Waals surface area contributed by atoms with E-state index in [2.05, 4.69) is 27.9 Å². The SMILES string of the molecule is C=CN(C)C(=O)/C(C)=C(\C)C(N=CC(C)c1cc2c(C(C)Nc3ccc(F)cc3C#N)cc(CC)cc2c(=O)n1C)=NCC.CC. The number of nitrogens with zero attached hydrogens (tertiary/aromatic N) is 5. The highest BCUT2D eigenvalue weighted by Crippen LogP contribution is 2.30. The van der Waals surface area contributed by atoms with E-state index in [0.29, 0.717) is 34.6 Å². The lowest BCUT2D eigenvalue weighted by Crippen LogP contribution is -2.24. The highest BCUT2D eigenvalue weighted by atomic mass is 19.1. The molecule has 2 aromatic carbocycles. The van der Waals surface area contributed by atoms with Gasteiger partial charge < -0.3 is 14.8 Å². The molecule has 2 atom stereocenters. The Hall–Kier alpha value is -4.84. The van der Waals surface area contributed by atoms with Crippen molar-refractivity contribution in [3.05, 3.63) is 98.9 Å². The van der Waals surface area contributed by atoms with Gasteiger partial charge in [-0.3, -0.25) is 14.6 Å². The van der Waals surface area contributed by atoms with Gasteiger partial charge in [0, 0.05) is 61.0 Å². The topological polar surface area (TPSA) is 103 Å². The number of carbonyl (C=O) groups excluding carboxylic acids is 1. The van der Waals surface area contributed by atoms with E-state index in [9.17, 15) is 19.2 Å². The number of pyridine rings is 1. The molecule has 1 aromatic heterocycles. The summed E-state index contributed by atoms with van der Waals surface area (Å²) < 4.78 is 15.4. The zero-order valence-electron chi connectivity index (χ0n) is 28.8. The summed E-state index contributed by atoms with van der Waals surface area (Å²) in [6, 6.07) is 11.8. The molecule has 0 radical (unpaired) electrons. The molecule has 0 aliphatic rings. The van der Waals surface area contributed by atoms with E-state index in [1.54, 1.807) is 37.9 Å². The average molecular weight is 627 g/mol. The smallest absolute Gasteiger partial charge is 0.258 e. The maximum absolute atomic E-state index is 13.8. The summed E-state index contributed by atoms with van der Waals surface area (Å²) in [5.74, 6) is -0.494. The highest BCUT2D eigenvalue weighted by molar-refractivity contribution is 6.09. The minimum atomic E-state index is -0.481. The molecule has 46 heavy (non-hydrogen) atoms. The number of aryl methyl sites for hydroxylation is 1. The lowest BCUT2D eigenvalue weighted by molar-refractivity contribution is -0.123. The summed E-state index contributed by atoms with van der Waals surface area (Å²) in [5.41, 5.74) is 4.41. The average Bonchev–Trinajstić information content (AvgIpc) is 3.07. The van der Waals surface area contributed by atoms with Crippen molar-refractivity contribution in [1.82, 2.24) is 9.47 Å². The van der Waals surface area contributed by atoms with Gasteiger partial charge in [-0.1, -0.05) is 40.3 Å². The second-order valence-electron chi connectivity index (χ2n) is 10.8. The molecule has 244 valence electrons. The molecule has 1 N–H and O–H groups in total. The summed E-state index contributed by atoms with van der Waals surface area (Å²) in [4.78, 5) is 37.0. The molecule has 9 heteroatoms. The molecule has 0 bridgehead atoms. The number of nitrogens with one attached hydrogen (secondary N) is 1. The molecule has 0 saturated heterocycles. The van der Waals surface area contributed by atoms with Crippen molar-refractivity contribution in [2.24, 2.45) is 17.0 Å². The molecule has 1 heterocycles. The quantitative estimate of drug-likeness (QED) is 0.141. The number of rotatable bonds is 10. The van der Waals surface area contributed by atoms with Gasteiger partial charge in [-0.05, 0) is 87.2 Å². The van der Waals surface area contributed by atoms with Gasteiger partial charge in [0.15, 0.2) is 0 Å². The predicted molar refractivity (Wildman–Crippen MR) is 189 cm³/mol. The molecular formula is C37H47FN6O2. The number of fused-ring (bicyclic) bond motifs is 1. The van der Waals surface area contributed by atoms with Crippen molar-refractivity contribution < 1.29 is 9.18 Å². The lowest BCUT2D eigenvalue weighted by atomic mass is 9.94. The fourth-order valence-electron chi connectivity index (χ4n) is 5.00. The minimum Gasteiger partial charge on any atom is -0.377 e. The van der Waals surface area contributed by atoms with E-state index in [0.717, 1.165) is 28.6 Å². The number of aromatic nitrogens is 1. The number of likely N-dealkylation sites (N-methyl/N-ethyl adjacent to an activating group) is 1. The van der Waals surface area contributed by atoms with Crippen LogP contribution in [0.15, 0.2) is 75.1 Å². The van der Waals surface area contributed by atoms with Crippen LogP contribution in [0.25, 0.3) is 10.8 Å². The van der Waals surface area contributed by atoms with Crippen LogP contribution in [-0.2, 0) is 18.3 Å². The first-order valence-corrected chi connectivity index (χ1v) is 15.7. The van der Waals surface area contributed by atoms with Crippen molar-refractivity contribution in [2.45, 2.75) is 73.8 Å². The van der Waals surface area contributed by atoms with Crippen molar-refractivity contribution in [3.8, 4) is 6.07 Å². The van der Waals surface area contributed by atoms with Gasteiger partial charge in [-0.15, -0.1) is 0 Å². The van der Waals surface area contributed by atoms with Crippen LogP contribution in [0.5, 0.6) is 0 Å². The highest BCUT2D eigenvalue weighted by Gasteiger charge is 2.19. The molecule has 3 aromatic rings. The van der Waals surface area contributed by atoms with Crippen molar-refractivity contribution in [1.29, 1.82) is 5.26 Å². The van der Waals surface area contributed by atoms with Gasteiger partial charge in [0.05, 0.1) is 11.3 Å². The fourth-order valence-corrected chi connectivity index (χ4v) is 5.00. The summed E-state index contributed by atoms with van der Waals surface area (Å²) >= 11 is 0. The first kappa shape index (κ1) is 37.3. The first-order chi connectivity index (χ1) is 21.9. The maximum Gasteiger partial charge on any atom is 0.258 e. The molecule has 0 aliphatic carbocycles. The standard InChI is InChI=1S/C35H41FN6O2.C2H6/c1-10-25-15-28(24(7)40-31-14-13-27(36)17-26(31)19-37)29-18-32(42(9)35(44)30(29)16-25)21(4)20-39-33(38-11-2)22(5)23(6)34(43)41(8)12-3;1-2/h12-18,20-21,24,40H,3,10-11H2,1-2,4-9H3;1-2H3/b23-22+,38-33?,39-20?;. The molecule has 2 unspecified atom stereocenters. The summed E-state index contributed by atoms with van der Waals surface area (Å²) in [6.45, 7) is 19.5. The Labute approximate surface area is 272 Å². The van der Waals surface area contributed by atoms with Crippen LogP contribution in [0.2, 0.25) is 0 Å². The first-order valence-electron chi connectivity index (χ1n) is 15.7. The number of amidine groups is 1. The van der Waals surface area contributed by atoms with Crippen LogP contribution in [0.1, 0.15) is 89.7 Å². The fraction of sp³-hybridized carbons (Fsp3) is 0.378. The van der Waals surface area contributed by atoms with Crippen LogP contribution < -0.4 is 10.9 Å². The van der Waals surface area contributed by atoms with E-state index in [1.807, 2.05) is 66.7 Å². The number of hydrogen-bond acceptors (Lipinski definition) is 5. The zero-order chi connectivity index (χ0) is 34.7.